The molecule has 0 N–H and O–H groups in total. The maximum Gasteiger partial charge on any atom is 0.00489 e. The van der Waals surface area contributed by atoms with Gasteiger partial charge in [-0.25, -0.2) is 0 Å². The Bertz CT molecular complexity index is 198. The molecule has 58 valence electrons. The fourth-order valence-corrected chi connectivity index (χ4v) is 1.98. The SMILES string of the molecule is C.Cc1sc(C)c(C)c1C. The molecule has 0 nitrogen and oxygen atoms in total. The lowest BCUT2D eigenvalue weighted by Gasteiger charge is -1.88. The van der Waals surface area contributed by atoms with Gasteiger partial charge in [0.05, 0.1) is 0 Å². The zero-order valence-corrected chi connectivity index (χ0v) is 7.22. The van der Waals surface area contributed by atoms with Crippen molar-refractivity contribution in [3.8, 4) is 0 Å². The Morgan fingerprint density at radius 3 is 1.20 bits per heavy atom. The topological polar surface area (TPSA) is 0 Å². The second kappa shape index (κ2) is 3.20. The van der Waals surface area contributed by atoms with Crippen molar-refractivity contribution in [2.45, 2.75) is 35.1 Å². The van der Waals surface area contributed by atoms with Crippen molar-refractivity contribution in [1.29, 1.82) is 0 Å². The number of thiophene rings is 1. The Morgan fingerprint density at radius 2 is 1.10 bits per heavy atom. The molecular weight excluding hydrogens is 140 g/mol. The molecule has 1 heterocycles. The van der Waals surface area contributed by atoms with E-state index in [1.54, 1.807) is 0 Å². The summed E-state index contributed by atoms with van der Waals surface area (Å²) < 4.78 is 0. The lowest BCUT2D eigenvalue weighted by atomic mass is 10.2. The quantitative estimate of drug-likeness (QED) is 0.538. The van der Waals surface area contributed by atoms with Crippen LogP contribution in [-0.2, 0) is 0 Å². The maximum absolute atomic E-state index is 2.19. The minimum Gasteiger partial charge on any atom is -0.145 e. The van der Waals surface area contributed by atoms with Crippen molar-refractivity contribution in [3.63, 3.8) is 0 Å². The van der Waals surface area contributed by atoms with E-state index in [1.807, 2.05) is 11.3 Å². The summed E-state index contributed by atoms with van der Waals surface area (Å²) in [6.45, 7) is 8.74. The average molecular weight is 156 g/mol. The van der Waals surface area contributed by atoms with Gasteiger partial charge in [-0.1, -0.05) is 7.43 Å². The summed E-state index contributed by atoms with van der Waals surface area (Å²) in [5, 5.41) is 0. The van der Waals surface area contributed by atoms with Crippen LogP contribution in [0.3, 0.4) is 0 Å². The van der Waals surface area contributed by atoms with Gasteiger partial charge in [-0.3, -0.25) is 0 Å². The van der Waals surface area contributed by atoms with E-state index in [2.05, 4.69) is 27.7 Å². The number of hydrogen-bond donors (Lipinski definition) is 0. The van der Waals surface area contributed by atoms with Gasteiger partial charge in [0.15, 0.2) is 0 Å². The molecule has 1 aromatic heterocycles. The highest BCUT2D eigenvalue weighted by molar-refractivity contribution is 7.12. The van der Waals surface area contributed by atoms with E-state index in [-0.39, 0.29) is 7.43 Å². The van der Waals surface area contributed by atoms with E-state index < -0.39 is 0 Å². The number of rotatable bonds is 0. The van der Waals surface area contributed by atoms with Crippen LogP contribution < -0.4 is 0 Å². The van der Waals surface area contributed by atoms with Crippen molar-refractivity contribution in [1.82, 2.24) is 0 Å². The number of hydrogen-bond acceptors (Lipinski definition) is 1. The smallest absolute Gasteiger partial charge is 0.00489 e. The zero-order chi connectivity index (χ0) is 7.02. The number of aryl methyl sites for hydroxylation is 2. The highest BCUT2D eigenvalue weighted by Crippen LogP contribution is 2.24. The molecule has 0 amide bonds. The molecule has 0 aliphatic heterocycles. The van der Waals surface area contributed by atoms with Crippen LogP contribution in [-0.4, -0.2) is 0 Å². The van der Waals surface area contributed by atoms with Crippen molar-refractivity contribution in [3.05, 3.63) is 20.9 Å². The molecule has 1 aromatic rings. The molecule has 0 atom stereocenters. The van der Waals surface area contributed by atoms with Crippen molar-refractivity contribution < 1.29 is 0 Å². The van der Waals surface area contributed by atoms with E-state index in [9.17, 15) is 0 Å². The summed E-state index contributed by atoms with van der Waals surface area (Å²) in [5.41, 5.74) is 2.94. The van der Waals surface area contributed by atoms with Gasteiger partial charge in [0.25, 0.3) is 0 Å². The fraction of sp³-hybridized carbons (Fsp3) is 0.556. The van der Waals surface area contributed by atoms with Crippen LogP contribution in [0, 0.1) is 27.7 Å². The highest BCUT2D eigenvalue weighted by Gasteiger charge is 2.02. The highest BCUT2D eigenvalue weighted by atomic mass is 32.1. The molecule has 0 unspecified atom stereocenters. The van der Waals surface area contributed by atoms with Crippen LogP contribution in [0.1, 0.15) is 28.3 Å². The fourth-order valence-electron chi connectivity index (χ4n) is 0.911. The van der Waals surface area contributed by atoms with Crippen LogP contribution >= 0.6 is 11.3 Å². The molecule has 0 aliphatic carbocycles. The van der Waals surface area contributed by atoms with Gasteiger partial charge < -0.3 is 0 Å². The Balaban J connectivity index is 0.000000810. The summed E-state index contributed by atoms with van der Waals surface area (Å²) in [5.74, 6) is 0. The lowest BCUT2D eigenvalue weighted by molar-refractivity contribution is 1.32. The Kier molecular flexibility index (Phi) is 3.10. The van der Waals surface area contributed by atoms with Gasteiger partial charge in [0, 0.05) is 9.75 Å². The normalized spacial score (nSPS) is 9.20. The van der Waals surface area contributed by atoms with Gasteiger partial charge in [-0.2, -0.15) is 0 Å². The molecule has 0 bridgehead atoms. The van der Waals surface area contributed by atoms with E-state index in [0.717, 1.165) is 0 Å². The van der Waals surface area contributed by atoms with Crippen LogP contribution in [0.15, 0.2) is 0 Å². The van der Waals surface area contributed by atoms with E-state index >= 15 is 0 Å². The summed E-state index contributed by atoms with van der Waals surface area (Å²) in [6, 6.07) is 0. The van der Waals surface area contributed by atoms with Crippen molar-refractivity contribution in [2.75, 3.05) is 0 Å². The van der Waals surface area contributed by atoms with Gasteiger partial charge >= 0.3 is 0 Å². The third-order valence-electron chi connectivity index (χ3n) is 1.92. The summed E-state index contributed by atoms with van der Waals surface area (Å²) in [4.78, 5) is 2.93. The van der Waals surface area contributed by atoms with Crippen LogP contribution in [0.4, 0.5) is 0 Å². The monoisotopic (exact) mass is 156 g/mol. The molecule has 0 saturated carbocycles. The molecule has 0 spiro atoms. The van der Waals surface area contributed by atoms with Gasteiger partial charge in [-0.05, 0) is 38.8 Å². The Morgan fingerprint density at radius 1 is 0.800 bits per heavy atom. The van der Waals surface area contributed by atoms with Crippen LogP contribution in [0.25, 0.3) is 0 Å². The summed E-state index contributed by atoms with van der Waals surface area (Å²) in [7, 11) is 0. The molecular formula is C9H16S. The molecule has 0 saturated heterocycles. The van der Waals surface area contributed by atoms with E-state index in [1.165, 1.54) is 20.9 Å². The van der Waals surface area contributed by atoms with E-state index in [4.69, 9.17) is 0 Å². The Hall–Kier alpha value is -0.300. The summed E-state index contributed by atoms with van der Waals surface area (Å²) in [6.07, 6.45) is 0. The van der Waals surface area contributed by atoms with Crippen molar-refractivity contribution in [2.24, 2.45) is 0 Å². The molecule has 0 aliphatic rings. The molecule has 0 aromatic carbocycles. The first-order valence-electron chi connectivity index (χ1n) is 3.16. The van der Waals surface area contributed by atoms with Gasteiger partial charge in [-0.15, -0.1) is 11.3 Å². The second-order valence-electron chi connectivity index (χ2n) is 2.46. The summed E-state index contributed by atoms with van der Waals surface area (Å²) >= 11 is 1.90. The van der Waals surface area contributed by atoms with Crippen LogP contribution in [0.2, 0.25) is 0 Å². The van der Waals surface area contributed by atoms with Gasteiger partial charge in [0.2, 0.25) is 0 Å². The van der Waals surface area contributed by atoms with Gasteiger partial charge in [0.1, 0.15) is 0 Å². The first-order chi connectivity index (χ1) is 4.13. The molecule has 1 heteroatoms. The van der Waals surface area contributed by atoms with E-state index in [0.29, 0.717) is 0 Å². The third kappa shape index (κ3) is 1.40. The molecule has 1 rings (SSSR count). The Labute approximate surface area is 67.9 Å². The van der Waals surface area contributed by atoms with Crippen molar-refractivity contribution >= 4 is 11.3 Å². The first kappa shape index (κ1) is 9.70. The maximum atomic E-state index is 2.19. The first-order valence-corrected chi connectivity index (χ1v) is 3.97. The lowest BCUT2D eigenvalue weighted by Crippen LogP contribution is -1.73. The predicted molar refractivity (Wildman–Crippen MR) is 50.0 cm³/mol. The average Bonchev–Trinajstić information content (AvgIpc) is 1.98. The second-order valence-corrected chi connectivity index (χ2v) is 3.89. The van der Waals surface area contributed by atoms with Crippen LogP contribution in [0.5, 0.6) is 0 Å². The molecule has 10 heavy (non-hydrogen) atoms. The largest absolute Gasteiger partial charge is 0.145 e. The predicted octanol–water partition coefficient (Wildman–Crippen LogP) is 3.62. The minimum atomic E-state index is 0. The minimum absolute atomic E-state index is 0. The zero-order valence-electron chi connectivity index (χ0n) is 6.41. The third-order valence-corrected chi connectivity index (χ3v) is 3.15. The molecule has 0 radical (unpaired) electrons. The molecule has 0 fully saturated rings. The standard InChI is InChI=1S/C8H12S.CH4/c1-5-6(2)8(4)9-7(5)3;/h1-4H3;1H4.